The summed E-state index contributed by atoms with van der Waals surface area (Å²) < 4.78 is 2.59. The van der Waals surface area contributed by atoms with Gasteiger partial charge in [0.2, 0.25) is 0 Å². The van der Waals surface area contributed by atoms with Crippen molar-refractivity contribution in [1.82, 2.24) is 0 Å². The highest BCUT2D eigenvalue weighted by molar-refractivity contribution is 7.02. The average molecular weight is 407 g/mol. The van der Waals surface area contributed by atoms with Crippen molar-refractivity contribution in [2.75, 3.05) is 31.1 Å². The molecule has 0 bridgehead atoms. The molecule has 1 aromatic rings. The highest BCUT2D eigenvalue weighted by atomic mass is 28.3. The van der Waals surface area contributed by atoms with Gasteiger partial charge < -0.3 is 4.90 Å². The third-order valence-electron chi connectivity index (χ3n) is 7.29. The van der Waals surface area contributed by atoms with E-state index in [0.29, 0.717) is 0 Å². The zero-order chi connectivity index (χ0) is 20.4. The second-order valence-electron chi connectivity index (χ2n) is 8.52. The Morgan fingerprint density at radius 1 is 0.966 bits per heavy atom. The van der Waals surface area contributed by atoms with Crippen LogP contribution in [0.5, 0.6) is 0 Å². The van der Waals surface area contributed by atoms with Gasteiger partial charge in [0.15, 0.2) is 5.71 Å². The Kier molecular flexibility index (Phi) is 5.91. The van der Waals surface area contributed by atoms with Crippen LogP contribution in [-0.2, 0) is 0 Å². The Morgan fingerprint density at radius 2 is 1.69 bits per heavy atom. The Balaban J connectivity index is 1.87. The quantitative estimate of drug-likeness (QED) is 0.383. The van der Waals surface area contributed by atoms with Crippen molar-refractivity contribution in [3.05, 3.63) is 41.6 Å². The van der Waals surface area contributed by atoms with Gasteiger partial charge in [0.25, 0.3) is 0 Å². The summed E-state index contributed by atoms with van der Waals surface area (Å²) in [5, 5.41) is 3.12. The van der Waals surface area contributed by atoms with Gasteiger partial charge in [-0.3, -0.25) is 0 Å². The molecule has 0 atom stereocenters. The first-order valence-corrected chi connectivity index (χ1v) is 14.1. The average Bonchev–Trinajstić information content (AvgIpc) is 2.79. The second-order valence-corrected chi connectivity index (χ2v) is 13.2. The molecule has 1 aromatic carbocycles. The topological polar surface area (TPSA) is 18.6 Å². The molecule has 4 heteroatoms. The van der Waals surface area contributed by atoms with Crippen LogP contribution in [0.2, 0.25) is 12.1 Å². The van der Waals surface area contributed by atoms with Crippen LogP contribution in [0.4, 0.5) is 11.4 Å². The molecule has 0 spiro atoms. The van der Waals surface area contributed by atoms with Gasteiger partial charge >= 0.3 is 0 Å². The number of benzene rings is 1. The number of hydrogen-bond acceptors (Lipinski definition) is 2. The van der Waals surface area contributed by atoms with Crippen molar-refractivity contribution in [2.45, 2.75) is 59.0 Å². The third-order valence-corrected chi connectivity index (χ3v) is 12.6. The number of piperidine rings is 1. The highest BCUT2D eigenvalue weighted by Crippen LogP contribution is 2.37. The zero-order valence-corrected chi connectivity index (χ0v) is 19.7. The fourth-order valence-electron chi connectivity index (χ4n) is 5.43. The fourth-order valence-corrected chi connectivity index (χ4v) is 9.85. The molecule has 1 saturated heterocycles. The summed E-state index contributed by atoms with van der Waals surface area (Å²) in [5.74, 6) is 0. The van der Waals surface area contributed by atoms with Crippen molar-refractivity contribution < 1.29 is 4.58 Å². The van der Waals surface area contributed by atoms with Crippen LogP contribution in [0.25, 0.3) is 0 Å². The van der Waals surface area contributed by atoms with Gasteiger partial charge in [0.1, 0.15) is 21.2 Å². The summed E-state index contributed by atoms with van der Waals surface area (Å²) in [6, 6.07) is 9.51. The van der Waals surface area contributed by atoms with Crippen molar-refractivity contribution in [3.63, 3.8) is 0 Å². The first kappa shape index (κ1) is 20.3. The van der Waals surface area contributed by atoms with Crippen molar-refractivity contribution in [3.8, 4) is 0 Å². The Morgan fingerprint density at radius 3 is 2.34 bits per heavy atom. The molecule has 29 heavy (non-hydrogen) atoms. The van der Waals surface area contributed by atoms with Crippen LogP contribution in [0, 0.1) is 0 Å². The predicted molar refractivity (Wildman–Crippen MR) is 130 cm³/mol. The fraction of sp³-hybridized carbons (Fsp3) is 0.520. The molecule has 0 N–H and O–H groups in total. The van der Waals surface area contributed by atoms with Crippen molar-refractivity contribution in [1.29, 1.82) is 0 Å². The minimum atomic E-state index is -1.82. The monoisotopic (exact) mass is 406 g/mol. The summed E-state index contributed by atoms with van der Waals surface area (Å²) in [7, 11) is -1.82. The lowest BCUT2D eigenvalue weighted by Gasteiger charge is -2.38. The number of aliphatic imine (C=N–C) groups is 1. The molecule has 0 unspecified atom stereocenters. The summed E-state index contributed by atoms with van der Waals surface area (Å²) >= 11 is 0. The van der Waals surface area contributed by atoms with Gasteiger partial charge in [-0.1, -0.05) is 25.9 Å². The lowest BCUT2D eigenvalue weighted by atomic mass is 10.1. The van der Waals surface area contributed by atoms with Gasteiger partial charge in [-0.15, -0.1) is 0 Å². The number of rotatable bonds is 5. The minimum absolute atomic E-state index is 1.05. The van der Waals surface area contributed by atoms with E-state index in [1.165, 1.54) is 67.2 Å². The Bertz CT molecular complexity index is 891. The molecule has 4 rings (SSSR count). The highest BCUT2D eigenvalue weighted by Gasteiger charge is 2.43. The molecular weight excluding hydrogens is 370 g/mol. The number of hydrogen-bond donors (Lipinski definition) is 0. The molecule has 0 radical (unpaired) electrons. The lowest BCUT2D eigenvalue weighted by Crippen LogP contribution is -2.54. The zero-order valence-electron chi connectivity index (χ0n) is 18.7. The third kappa shape index (κ3) is 3.46. The van der Waals surface area contributed by atoms with E-state index in [4.69, 9.17) is 4.99 Å². The molecular formula is C25H36N3Si+. The maximum atomic E-state index is 5.14. The van der Waals surface area contributed by atoms with E-state index >= 15 is 0 Å². The SMILES string of the molecule is CCN(CC)c1ccc2c(c1)[Si](CC)(CC)C1=CC(=[N+]3CCCCC3)C=CC1=N2. The molecule has 1 fully saturated rings. The maximum Gasteiger partial charge on any atom is 0.199 e. The summed E-state index contributed by atoms with van der Waals surface area (Å²) in [6.45, 7) is 13.8. The van der Waals surface area contributed by atoms with E-state index in [1.54, 1.807) is 10.4 Å². The van der Waals surface area contributed by atoms with Crippen LogP contribution in [0.15, 0.2) is 46.6 Å². The summed E-state index contributed by atoms with van der Waals surface area (Å²) in [6.07, 6.45) is 11.2. The van der Waals surface area contributed by atoms with E-state index in [9.17, 15) is 0 Å². The van der Waals surface area contributed by atoms with Gasteiger partial charge in [-0.2, -0.15) is 0 Å². The van der Waals surface area contributed by atoms with E-state index in [0.717, 1.165) is 13.1 Å². The number of allylic oxidation sites excluding steroid dienone is 4. The molecule has 0 aromatic heterocycles. The Hall–Kier alpha value is -1.94. The lowest BCUT2D eigenvalue weighted by molar-refractivity contribution is -0.535. The van der Waals surface area contributed by atoms with Crippen LogP contribution in [-0.4, -0.2) is 50.3 Å². The molecule has 3 aliphatic rings. The van der Waals surface area contributed by atoms with E-state index in [1.807, 2.05) is 0 Å². The van der Waals surface area contributed by atoms with Crippen LogP contribution >= 0.6 is 0 Å². The van der Waals surface area contributed by atoms with Gasteiger partial charge in [0, 0.05) is 43.8 Å². The Labute approximate surface area is 177 Å². The van der Waals surface area contributed by atoms with E-state index < -0.39 is 8.07 Å². The molecule has 1 aliphatic carbocycles. The van der Waals surface area contributed by atoms with Gasteiger partial charge in [0.05, 0.1) is 11.4 Å². The number of anilines is 1. The van der Waals surface area contributed by atoms with Gasteiger partial charge in [-0.25, -0.2) is 9.57 Å². The maximum absolute atomic E-state index is 5.14. The first-order chi connectivity index (χ1) is 14.2. The number of nitrogens with zero attached hydrogens (tertiary/aromatic N) is 3. The van der Waals surface area contributed by atoms with Crippen molar-refractivity contribution >= 4 is 36.1 Å². The molecule has 3 nitrogen and oxygen atoms in total. The molecule has 2 heterocycles. The van der Waals surface area contributed by atoms with Crippen molar-refractivity contribution in [2.24, 2.45) is 4.99 Å². The minimum Gasteiger partial charge on any atom is -0.372 e. The largest absolute Gasteiger partial charge is 0.372 e. The van der Waals surface area contributed by atoms with Crippen LogP contribution < -0.4 is 10.1 Å². The van der Waals surface area contributed by atoms with Crippen LogP contribution in [0.1, 0.15) is 47.0 Å². The second kappa shape index (κ2) is 8.43. The number of fused-ring (bicyclic) bond motifs is 2. The predicted octanol–water partition coefficient (Wildman–Crippen LogP) is 4.99. The molecule has 2 aliphatic heterocycles. The smallest absolute Gasteiger partial charge is 0.199 e. The first-order valence-electron chi connectivity index (χ1n) is 11.7. The molecule has 0 saturated carbocycles. The van der Waals surface area contributed by atoms with Gasteiger partial charge in [-0.05, 0) is 54.9 Å². The summed E-state index contributed by atoms with van der Waals surface area (Å²) in [4.78, 5) is 7.60. The van der Waals surface area contributed by atoms with E-state index in [-0.39, 0.29) is 0 Å². The normalized spacial score (nSPS) is 20.0. The summed E-state index contributed by atoms with van der Waals surface area (Å²) in [5.41, 5.74) is 5.22. The standard InChI is InChI=1S/C25H36N3Si/c1-5-27(6-2)20-12-14-22-24(18-20)29(7-3,8-4)25-19-21(13-15-23(25)26-22)28-16-10-9-11-17-28/h12-15,18-19H,5-11,16-17H2,1-4H3/q+1. The van der Waals surface area contributed by atoms with Crippen LogP contribution in [0.3, 0.4) is 0 Å². The van der Waals surface area contributed by atoms with E-state index in [2.05, 4.69) is 73.6 Å². The molecule has 0 amide bonds. The molecule has 154 valence electrons.